The van der Waals surface area contributed by atoms with Crippen LogP contribution in [0.4, 0.5) is 11.4 Å². The van der Waals surface area contributed by atoms with Gasteiger partial charge in [0.15, 0.2) is 0 Å². The highest BCUT2D eigenvalue weighted by Gasteiger charge is 2.24. The van der Waals surface area contributed by atoms with E-state index in [0.29, 0.717) is 0 Å². The molecule has 0 saturated carbocycles. The molecule has 9 heteroatoms. The largest absolute Gasteiger partial charge is 0.478 e. The van der Waals surface area contributed by atoms with Gasteiger partial charge in [0, 0.05) is 12.1 Å². The van der Waals surface area contributed by atoms with Gasteiger partial charge in [0.2, 0.25) is 0 Å². The lowest BCUT2D eigenvalue weighted by molar-refractivity contribution is -0.384. The summed E-state index contributed by atoms with van der Waals surface area (Å²) in [6.45, 7) is -0.545. The molecule has 0 spiro atoms. The average Bonchev–Trinajstić information content (AvgIpc) is 2.37. The van der Waals surface area contributed by atoms with E-state index in [1.54, 1.807) is 12.1 Å². The van der Waals surface area contributed by atoms with E-state index in [4.69, 9.17) is 27.2 Å². The lowest BCUT2D eigenvalue weighted by Gasteiger charge is -2.21. The van der Waals surface area contributed by atoms with Crippen molar-refractivity contribution >= 4 is 28.9 Å². The van der Waals surface area contributed by atoms with Crippen molar-refractivity contribution in [3.05, 3.63) is 32.8 Å². The van der Waals surface area contributed by atoms with Gasteiger partial charge in [-0.25, -0.2) is 4.79 Å². The van der Waals surface area contributed by atoms with E-state index in [1.165, 1.54) is 0 Å². The number of benzene rings is 1. The first-order valence-electron chi connectivity index (χ1n) is 5.12. The number of nitro benzene ring substituents is 1. The number of carboxylic acid groups (broad SMARTS) is 1. The molecular formula is C11H7ClN4O4. The third-order valence-corrected chi connectivity index (χ3v) is 2.62. The lowest BCUT2D eigenvalue weighted by Crippen LogP contribution is -2.26. The maximum Gasteiger partial charge on any atom is 0.338 e. The third-order valence-electron chi connectivity index (χ3n) is 2.33. The number of anilines is 1. The normalized spacial score (nSPS) is 9.35. The highest BCUT2D eigenvalue weighted by molar-refractivity contribution is 6.34. The summed E-state index contributed by atoms with van der Waals surface area (Å²) in [6, 6.07) is 5.36. The van der Waals surface area contributed by atoms with Crippen LogP contribution in [0.1, 0.15) is 10.4 Å². The van der Waals surface area contributed by atoms with Crippen LogP contribution in [0.2, 0.25) is 5.02 Å². The number of hydrogen-bond donors (Lipinski definition) is 1. The minimum atomic E-state index is -1.44. The summed E-state index contributed by atoms with van der Waals surface area (Å²) in [7, 11) is 0. The molecule has 0 aliphatic carbocycles. The zero-order chi connectivity index (χ0) is 15.3. The Labute approximate surface area is 118 Å². The van der Waals surface area contributed by atoms with Gasteiger partial charge < -0.3 is 10.0 Å². The van der Waals surface area contributed by atoms with Crippen molar-refractivity contribution in [3.63, 3.8) is 0 Å². The van der Waals surface area contributed by atoms with Crippen molar-refractivity contribution in [2.45, 2.75) is 0 Å². The van der Waals surface area contributed by atoms with Crippen LogP contribution in [-0.2, 0) is 0 Å². The summed E-state index contributed by atoms with van der Waals surface area (Å²) < 4.78 is 0. The van der Waals surface area contributed by atoms with E-state index >= 15 is 0 Å². The molecule has 8 nitrogen and oxygen atoms in total. The Kier molecular flexibility index (Phi) is 4.84. The summed E-state index contributed by atoms with van der Waals surface area (Å²) in [4.78, 5) is 22.2. The Morgan fingerprint density at radius 3 is 2.35 bits per heavy atom. The standard InChI is InChI=1S/C11H7ClN4O4/c12-9-6-7(16(19)20)5-8(11(17)18)10(9)15(3-1-13)4-2-14/h5-6H,3-4H2,(H,17,18). The van der Waals surface area contributed by atoms with Gasteiger partial charge in [-0.05, 0) is 0 Å². The van der Waals surface area contributed by atoms with Gasteiger partial charge in [-0.3, -0.25) is 10.1 Å². The lowest BCUT2D eigenvalue weighted by atomic mass is 10.1. The van der Waals surface area contributed by atoms with E-state index in [0.717, 1.165) is 17.0 Å². The smallest absolute Gasteiger partial charge is 0.338 e. The van der Waals surface area contributed by atoms with Crippen molar-refractivity contribution in [1.82, 2.24) is 0 Å². The van der Waals surface area contributed by atoms with Gasteiger partial charge in [0.1, 0.15) is 13.1 Å². The number of rotatable bonds is 5. The highest BCUT2D eigenvalue weighted by Crippen LogP contribution is 2.34. The molecule has 0 bridgehead atoms. The minimum Gasteiger partial charge on any atom is -0.478 e. The van der Waals surface area contributed by atoms with Crippen molar-refractivity contribution in [2.24, 2.45) is 0 Å². The first-order valence-corrected chi connectivity index (χ1v) is 5.50. The highest BCUT2D eigenvalue weighted by atomic mass is 35.5. The van der Waals surface area contributed by atoms with Gasteiger partial charge in [-0.1, -0.05) is 11.6 Å². The van der Waals surface area contributed by atoms with E-state index in [2.05, 4.69) is 0 Å². The predicted octanol–water partition coefficient (Wildman–Crippen LogP) is 1.80. The second-order valence-corrected chi connectivity index (χ2v) is 3.97. The van der Waals surface area contributed by atoms with Crippen LogP contribution in [0.15, 0.2) is 12.1 Å². The summed E-state index contributed by atoms with van der Waals surface area (Å²) in [5.41, 5.74) is -1.01. The number of nitro groups is 1. The predicted molar refractivity (Wildman–Crippen MR) is 68.5 cm³/mol. The molecule has 0 fully saturated rings. The molecule has 0 amide bonds. The van der Waals surface area contributed by atoms with Gasteiger partial charge in [-0.2, -0.15) is 10.5 Å². The maximum atomic E-state index is 11.2. The molecule has 1 rings (SSSR count). The van der Waals surface area contributed by atoms with Crippen LogP contribution < -0.4 is 4.90 Å². The minimum absolute atomic E-state index is 0.0899. The molecule has 0 unspecified atom stereocenters. The van der Waals surface area contributed by atoms with Crippen molar-refractivity contribution in [2.75, 3.05) is 18.0 Å². The molecule has 0 heterocycles. The van der Waals surface area contributed by atoms with Crippen molar-refractivity contribution in [1.29, 1.82) is 10.5 Å². The molecule has 0 saturated heterocycles. The monoisotopic (exact) mass is 294 g/mol. The van der Waals surface area contributed by atoms with Crippen LogP contribution in [-0.4, -0.2) is 29.1 Å². The van der Waals surface area contributed by atoms with Crippen LogP contribution in [0.25, 0.3) is 0 Å². The molecule has 1 N–H and O–H groups in total. The van der Waals surface area contributed by atoms with Crippen LogP contribution in [0.5, 0.6) is 0 Å². The number of halogens is 1. The molecule has 1 aromatic rings. The van der Waals surface area contributed by atoms with Crippen molar-refractivity contribution < 1.29 is 14.8 Å². The molecule has 0 aliphatic rings. The summed E-state index contributed by atoms with van der Waals surface area (Å²) in [5, 5.41) is 37.0. The van der Waals surface area contributed by atoms with E-state index in [9.17, 15) is 14.9 Å². The number of nitriles is 2. The molecule has 0 aromatic heterocycles. The Balaban J connectivity index is 3.52. The Hall–Kier alpha value is -2.84. The SMILES string of the molecule is N#CCN(CC#N)c1c(Cl)cc([N+](=O)[O-])cc1C(=O)O. The molecule has 1 aromatic carbocycles. The fourth-order valence-corrected chi connectivity index (χ4v) is 1.89. The van der Waals surface area contributed by atoms with Crippen molar-refractivity contribution in [3.8, 4) is 12.1 Å². The number of carboxylic acids is 1. The molecule has 0 aliphatic heterocycles. The zero-order valence-corrected chi connectivity index (χ0v) is 10.7. The number of aromatic carboxylic acids is 1. The number of non-ortho nitro benzene ring substituents is 1. The molecular weight excluding hydrogens is 288 g/mol. The average molecular weight is 295 g/mol. The number of nitrogens with zero attached hydrogens (tertiary/aromatic N) is 4. The van der Waals surface area contributed by atoms with Gasteiger partial charge in [-0.15, -0.1) is 0 Å². The topological polar surface area (TPSA) is 131 Å². The van der Waals surface area contributed by atoms with Crippen LogP contribution in [0, 0.1) is 32.8 Å². The molecule has 0 radical (unpaired) electrons. The quantitative estimate of drug-likeness (QED) is 0.497. The zero-order valence-electron chi connectivity index (χ0n) is 9.91. The summed E-state index contributed by atoms with van der Waals surface area (Å²) in [5.74, 6) is -1.44. The first-order chi connectivity index (χ1) is 9.42. The maximum absolute atomic E-state index is 11.2. The first kappa shape index (κ1) is 15.2. The molecule has 20 heavy (non-hydrogen) atoms. The molecule has 102 valence electrons. The van der Waals surface area contributed by atoms with E-state index < -0.39 is 22.1 Å². The Morgan fingerprint density at radius 1 is 1.40 bits per heavy atom. The fraction of sp³-hybridized carbons (Fsp3) is 0.182. The molecule has 0 atom stereocenters. The third kappa shape index (κ3) is 3.13. The Morgan fingerprint density at radius 2 is 1.95 bits per heavy atom. The number of carbonyl (C=O) groups is 1. The van der Waals surface area contributed by atoms with Crippen LogP contribution >= 0.6 is 11.6 Å². The van der Waals surface area contributed by atoms with Gasteiger partial charge >= 0.3 is 5.97 Å². The number of hydrogen-bond acceptors (Lipinski definition) is 6. The second-order valence-electron chi connectivity index (χ2n) is 3.56. The Bertz CT molecular complexity index is 631. The summed E-state index contributed by atoms with van der Waals surface area (Å²) in [6.07, 6.45) is 0. The fourth-order valence-electron chi connectivity index (χ4n) is 1.56. The van der Waals surface area contributed by atoms with E-state index in [-0.39, 0.29) is 23.8 Å². The van der Waals surface area contributed by atoms with E-state index in [1.807, 2.05) is 0 Å². The van der Waals surface area contributed by atoms with Gasteiger partial charge in [0.05, 0.1) is 33.3 Å². The van der Waals surface area contributed by atoms with Crippen LogP contribution in [0.3, 0.4) is 0 Å². The van der Waals surface area contributed by atoms with Gasteiger partial charge in [0.25, 0.3) is 5.69 Å². The summed E-state index contributed by atoms with van der Waals surface area (Å²) >= 11 is 5.86. The second kappa shape index (κ2) is 6.36.